The van der Waals surface area contributed by atoms with Crippen molar-refractivity contribution < 1.29 is 13.9 Å². The molecule has 0 saturated carbocycles. The van der Waals surface area contributed by atoms with Crippen molar-refractivity contribution >= 4 is 5.97 Å². The maximum absolute atomic E-state index is 13.1. The fourth-order valence-electron chi connectivity index (χ4n) is 2.91. The molecule has 0 aromatic heterocycles. The summed E-state index contributed by atoms with van der Waals surface area (Å²) in [6.45, 7) is 7.11. The molecule has 2 aromatic carbocycles. The third-order valence-electron chi connectivity index (χ3n) is 4.11. The predicted octanol–water partition coefficient (Wildman–Crippen LogP) is 4.51. The van der Waals surface area contributed by atoms with Gasteiger partial charge in [-0.3, -0.25) is 4.90 Å². The summed E-state index contributed by atoms with van der Waals surface area (Å²) < 4.78 is 18.4. The highest BCUT2D eigenvalue weighted by atomic mass is 19.1. The van der Waals surface area contributed by atoms with Crippen molar-refractivity contribution in [2.45, 2.75) is 32.9 Å². The smallest absolute Gasteiger partial charge is 0.328 e. The normalized spacial score (nSPS) is 19.0. The molecule has 0 N–H and O–H groups in total. The van der Waals surface area contributed by atoms with E-state index in [1.54, 1.807) is 12.1 Å². The van der Waals surface area contributed by atoms with Crippen molar-refractivity contribution in [2.24, 2.45) is 0 Å². The highest BCUT2D eigenvalue weighted by molar-refractivity contribution is 5.78. The maximum Gasteiger partial charge on any atom is 0.328 e. The molecule has 2 atom stereocenters. The van der Waals surface area contributed by atoms with Gasteiger partial charge in [0.1, 0.15) is 18.5 Å². The first kappa shape index (κ1) is 18.1. The molecule has 0 spiro atoms. The first-order valence-electron chi connectivity index (χ1n) is 8.39. The van der Waals surface area contributed by atoms with Crippen LogP contribution in [0.5, 0.6) is 0 Å². The van der Waals surface area contributed by atoms with Gasteiger partial charge in [-0.2, -0.15) is 0 Å². The number of halogens is 1. The van der Waals surface area contributed by atoms with Crippen molar-refractivity contribution in [3.05, 3.63) is 71.5 Å². The minimum absolute atomic E-state index is 0.0732. The molecular weight excluding hydrogens is 305 g/mol. The number of hydrogen-bond acceptors (Lipinski definition) is 3. The quantitative estimate of drug-likeness (QED) is 0.776. The maximum atomic E-state index is 13.1. The summed E-state index contributed by atoms with van der Waals surface area (Å²) in [5, 5.41) is 0. The van der Waals surface area contributed by atoms with Crippen molar-refractivity contribution in [2.75, 3.05) is 13.2 Å². The highest BCUT2D eigenvalue weighted by Gasteiger charge is 2.36. The molecule has 1 saturated heterocycles. The van der Waals surface area contributed by atoms with Gasteiger partial charge in [0, 0.05) is 12.6 Å². The standard InChI is InChI=1S/C18H18FNO2.C2H6/c1-13(14-5-3-2-4-6-14)20-11-12-22-18(21)17(20)15-7-9-16(19)10-8-15;1-2/h2-10,13,17H,11-12H2,1H3;1-2H3/t13-,17?;/m1./s1. The number of morpholine rings is 1. The summed E-state index contributed by atoms with van der Waals surface area (Å²) in [6, 6.07) is 15.7. The van der Waals surface area contributed by atoms with E-state index in [0.29, 0.717) is 13.2 Å². The summed E-state index contributed by atoms with van der Waals surface area (Å²) in [7, 11) is 0. The van der Waals surface area contributed by atoms with Crippen LogP contribution in [0.15, 0.2) is 54.6 Å². The van der Waals surface area contributed by atoms with E-state index >= 15 is 0 Å². The minimum Gasteiger partial charge on any atom is -0.463 e. The van der Waals surface area contributed by atoms with E-state index < -0.39 is 6.04 Å². The molecule has 128 valence electrons. The van der Waals surface area contributed by atoms with Gasteiger partial charge in [0.05, 0.1) is 0 Å². The Morgan fingerprint density at radius 2 is 1.71 bits per heavy atom. The van der Waals surface area contributed by atoms with Crippen molar-refractivity contribution in [3.63, 3.8) is 0 Å². The lowest BCUT2D eigenvalue weighted by atomic mass is 9.99. The average molecular weight is 329 g/mol. The zero-order valence-electron chi connectivity index (χ0n) is 14.4. The summed E-state index contributed by atoms with van der Waals surface area (Å²) in [4.78, 5) is 14.4. The second-order valence-corrected chi connectivity index (χ2v) is 5.45. The van der Waals surface area contributed by atoms with E-state index in [0.717, 1.165) is 11.1 Å². The van der Waals surface area contributed by atoms with Gasteiger partial charge in [-0.25, -0.2) is 9.18 Å². The molecule has 0 amide bonds. The zero-order valence-corrected chi connectivity index (χ0v) is 14.4. The summed E-state index contributed by atoms with van der Waals surface area (Å²) in [5.41, 5.74) is 1.90. The third-order valence-corrected chi connectivity index (χ3v) is 4.11. The molecule has 1 unspecified atom stereocenters. The van der Waals surface area contributed by atoms with Gasteiger partial charge in [-0.05, 0) is 30.2 Å². The molecule has 0 radical (unpaired) electrons. The van der Waals surface area contributed by atoms with Crippen molar-refractivity contribution in [1.29, 1.82) is 0 Å². The van der Waals surface area contributed by atoms with E-state index in [9.17, 15) is 9.18 Å². The molecule has 0 bridgehead atoms. The largest absolute Gasteiger partial charge is 0.463 e. The van der Waals surface area contributed by atoms with Crippen LogP contribution in [0.3, 0.4) is 0 Å². The topological polar surface area (TPSA) is 29.5 Å². The highest BCUT2D eigenvalue weighted by Crippen LogP contribution is 2.33. The number of benzene rings is 2. The van der Waals surface area contributed by atoms with Crippen LogP contribution in [0.1, 0.15) is 44.0 Å². The van der Waals surface area contributed by atoms with Crippen molar-refractivity contribution in [3.8, 4) is 0 Å². The number of nitrogens with zero attached hydrogens (tertiary/aromatic N) is 1. The van der Waals surface area contributed by atoms with Crippen LogP contribution in [0.25, 0.3) is 0 Å². The van der Waals surface area contributed by atoms with Crippen LogP contribution in [-0.4, -0.2) is 24.0 Å². The number of carbonyl (C=O) groups excluding carboxylic acids is 1. The van der Waals surface area contributed by atoms with Crippen LogP contribution in [0.4, 0.5) is 4.39 Å². The number of carbonyl (C=O) groups is 1. The van der Waals surface area contributed by atoms with Crippen LogP contribution in [0, 0.1) is 5.82 Å². The molecular formula is C20H24FNO2. The SMILES string of the molecule is CC.C[C@H](c1ccccc1)N1CCOC(=O)C1c1ccc(F)cc1. The lowest BCUT2D eigenvalue weighted by Gasteiger charge is -2.38. The van der Waals surface area contributed by atoms with Gasteiger partial charge in [0.25, 0.3) is 0 Å². The van der Waals surface area contributed by atoms with Gasteiger partial charge >= 0.3 is 5.97 Å². The van der Waals surface area contributed by atoms with Gasteiger partial charge in [-0.15, -0.1) is 0 Å². The molecule has 24 heavy (non-hydrogen) atoms. The lowest BCUT2D eigenvalue weighted by molar-refractivity contribution is -0.159. The molecule has 1 heterocycles. The molecule has 3 rings (SSSR count). The first-order chi connectivity index (χ1) is 11.7. The summed E-state index contributed by atoms with van der Waals surface area (Å²) in [6.07, 6.45) is 0. The predicted molar refractivity (Wildman–Crippen MR) is 93.0 cm³/mol. The molecule has 0 aliphatic carbocycles. The molecule has 1 aliphatic heterocycles. The Kier molecular flexibility index (Phi) is 6.50. The van der Waals surface area contributed by atoms with Crippen LogP contribution in [0.2, 0.25) is 0 Å². The fourth-order valence-corrected chi connectivity index (χ4v) is 2.91. The summed E-state index contributed by atoms with van der Waals surface area (Å²) in [5.74, 6) is -0.587. The Morgan fingerprint density at radius 1 is 1.08 bits per heavy atom. The Morgan fingerprint density at radius 3 is 2.33 bits per heavy atom. The van der Waals surface area contributed by atoms with E-state index in [1.165, 1.54) is 12.1 Å². The fraction of sp³-hybridized carbons (Fsp3) is 0.350. The Balaban J connectivity index is 0.00000100. The Labute approximate surface area is 143 Å². The Bertz CT molecular complexity index is 642. The van der Waals surface area contributed by atoms with Gasteiger partial charge < -0.3 is 4.74 Å². The number of hydrogen-bond donors (Lipinski definition) is 0. The van der Waals surface area contributed by atoms with E-state index in [-0.39, 0.29) is 17.8 Å². The Hall–Kier alpha value is -2.20. The summed E-state index contributed by atoms with van der Waals surface area (Å²) >= 11 is 0. The molecule has 4 heteroatoms. The number of esters is 1. The van der Waals surface area contributed by atoms with E-state index in [1.807, 2.05) is 44.2 Å². The van der Waals surface area contributed by atoms with Crippen LogP contribution in [-0.2, 0) is 9.53 Å². The molecule has 1 fully saturated rings. The monoisotopic (exact) mass is 329 g/mol. The van der Waals surface area contributed by atoms with Crippen LogP contribution < -0.4 is 0 Å². The van der Waals surface area contributed by atoms with Gasteiger partial charge in [0.2, 0.25) is 0 Å². The minimum atomic E-state index is -0.496. The number of cyclic esters (lactones) is 1. The number of ether oxygens (including phenoxy) is 1. The molecule has 3 nitrogen and oxygen atoms in total. The first-order valence-corrected chi connectivity index (χ1v) is 8.39. The van der Waals surface area contributed by atoms with Gasteiger partial charge in [0.15, 0.2) is 0 Å². The molecule has 2 aromatic rings. The van der Waals surface area contributed by atoms with Crippen molar-refractivity contribution in [1.82, 2.24) is 4.90 Å². The van der Waals surface area contributed by atoms with Gasteiger partial charge in [-0.1, -0.05) is 56.3 Å². The second kappa shape index (κ2) is 8.60. The second-order valence-electron chi connectivity index (χ2n) is 5.45. The van der Waals surface area contributed by atoms with Crippen LogP contribution >= 0.6 is 0 Å². The zero-order chi connectivity index (χ0) is 17.5. The third kappa shape index (κ3) is 4.01. The number of rotatable bonds is 3. The molecule has 1 aliphatic rings. The average Bonchev–Trinajstić information content (AvgIpc) is 2.64. The lowest BCUT2D eigenvalue weighted by Crippen LogP contribution is -2.44. The van der Waals surface area contributed by atoms with E-state index in [2.05, 4.69) is 11.8 Å². The van der Waals surface area contributed by atoms with E-state index in [4.69, 9.17) is 4.74 Å².